The third-order valence-electron chi connectivity index (χ3n) is 2.52. The van der Waals surface area contributed by atoms with Crippen molar-refractivity contribution in [2.24, 2.45) is 0 Å². The second-order valence-corrected chi connectivity index (χ2v) is 4.02. The molecule has 16 heavy (non-hydrogen) atoms. The Morgan fingerprint density at radius 2 is 1.94 bits per heavy atom. The van der Waals surface area contributed by atoms with Gasteiger partial charge in [-0.3, -0.25) is 4.68 Å². The van der Waals surface area contributed by atoms with Gasteiger partial charge in [0.1, 0.15) is 0 Å². The Morgan fingerprint density at radius 1 is 1.19 bits per heavy atom. The van der Waals surface area contributed by atoms with E-state index in [2.05, 4.69) is 41.6 Å². The monoisotopic (exact) mass is 215 g/mol. The Bertz CT molecular complexity index is 442. The van der Waals surface area contributed by atoms with E-state index in [-0.39, 0.29) is 0 Å². The minimum Gasteiger partial charge on any atom is -0.314 e. The summed E-state index contributed by atoms with van der Waals surface area (Å²) in [5, 5.41) is 7.56. The fraction of sp³-hybridized carbons (Fsp3) is 0.308. The van der Waals surface area contributed by atoms with Crippen LogP contribution in [0.25, 0.3) is 0 Å². The lowest BCUT2D eigenvalue weighted by Gasteiger charge is -2.02. The highest BCUT2D eigenvalue weighted by atomic mass is 15.3. The van der Waals surface area contributed by atoms with Crippen LogP contribution in [0.2, 0.25) is 0 Å². The van der Waals surface area contributed by atoms with E-state index in [0.29, 0.717) is 0 Å². The summed E-state index contributed by atoms with van der Waals surface area (Å²) >= 11 is 0. The number of nitrogens with one attached hydrogen (secondary N) is 1. The number of rotatable bonds is 4. The summed E-state index contributed by atoms with van der Waals surface area (Å²) in [4.78, 5) is 0. The average Bonchev–Trinajstić information content (AvgIpc) is 2.70. The summed E-state index contributed by atoms with van der Waals surface area (Å²) in [5.41, 5.74) is 3.65. The molecule has 1 aromatic carbocycles. The highest BCUT2D eigenvalue weighted by Gasteiger charge is 1.98. The van der Waals surface area contributed by atoms with Crippen LogP contribution in [0.3, 0.4) is 0 Å². The Kier molecular flexibility index (Phi) is 3.37. The summed E-state index contributed by atoms with van der Waals surface area (Å²) < 4.78 is 1.97. The molecule has 0 aliphatic heterocycles. The molecule has 0 saturated carbocycles. The maximum absolute atomic E-state index is 4.47. The summed E-state index contributed by atoms with van der Waals surface area (Å²) in [6.07, 6.45) is 2.02. The fourth-order valence-corrected chi connectivity index (χ4v) is 1.65. The van der Waals surface area contributed by atoms with Gasteiger partial charge in [0.05, 0.1) is 12.2 Å². The number of benzene rings is 1. The molecule has 0 fully saturated rings. The molecular formula is C13H17N3. The summed E-state index contributed by atoms with van der Waals surface area (Å²) in [6.45, 7) is 3.76. The molecule has 0 unspecified atom stereocenters. The molecule has 0 saturated heterocycles. The Hall–Kier alpha value is -1.61. The second-order valence-electron chi connectivity index (χ2n) is 4.02. The third kappa shape index (κ3) is 2.70. The highest BCUT2D eigenvalue weighted by molar-refractivity contribution is 5.21. The zero-order chi connectivity index (χ0) is 11.4. The van der Waals surface area contributed by atoms with Crippen LogP contribution < -0.4 is 5.32 Å². The van der Waals surface area contributed by atoms with E-state index >= 15 is 0 Å². The lowest BCUT2D eigenvalue weighted by molar-refractivity contribution is 0.659. The predicted octanol–water partition coefficient (Wildman–Crippen LogP) is 1.96. The lowest BCUT2D eigenvalue weighted by atomic mass is 10.1. The molecule has 0 radical (unpaired) electrons. The molecule has 3 heteroatoms. The molecule has 0 bridgehead atoms. The highest BCUT2D eigenvalue weighted by Crippen LogP contribution is 2.05. The maximum atomic E-state index is 4.47. The normalized spacial score (nSPS) is 10.6. The van der Waals surface area contributed by atoms with Crippen LogP contribution in [-0.2, 0) is 13.1 Å². The van der Waals surface area contributed by atoms with Gasteiger partial charge in [-0.1, -0.05) is 29.8 Å². The van der Waals surface area contributed by atoms with Crippen molar-refractivity contribution in [3.63, 3.8) is 0 Å². The van der Waals surface area contributed by atoms with Gasteiger partial charge < -0.3 is 5.32 Å². The Morgan fingerprint density at radius 3 is 2.62 bits per heavy atom. The van der Waals surface area contributed by atoms with Crippen LogP contribution >= 0.6 is 0 Å². The average molecular weight is 215 g/mol. The second kappa shape index (κ2) is 4.94. The van der Waals surface area contributed by atoms with Crippen LogP contribution in [-0.4, -0.2) is 16.8 Å². The van der Waals surface area contributed by atoms with Crippen molar-refractivity contribution in [1.82, 2.24) is 15.1 Å². The topological polar surface area (TPSA) is 29.9 Å². The van der Waals surface area contributed by atoms with Gasteiger partial charge in [-0.25, -0.2) is 0 Å². The van der Waals surface area contributed by atoms with E-state index in [1.54, 1.807) is 0 Å². The van der Waals surface area contributed by atoms with Crippen LogP contribution in [0.5, 0.6) is 0 Å². The summed E-state index contributed by atoms with van der Waals surface area (Å²) in [6, 6.07) is 10.6. The standard InChI is InChI=1S/C13H17N3/c1-11-3-5-12(6-4-11)10-16-8-7-13(15-16)9-14-2/h3-8,14H,9-10H2,1-2H3. The van der Waals surface area contributed by atoms with Crippen molar-refractivity contribution < 1.29 is 0 Å². The van der Waals surface area contributed by atoms with Crippen molar-refractivity contribution >= 4 is 0 Å². The molecule has 1 heterocycles. The molecule has 1 aromatic heterocycles. The van der Waals surface area contributed by atoms with Crippen LogP contribution in [0.1, 0.15) is 16.8 Å². The van der Waals surface area contributed by atoms with Gasteiger partial charge >= 0.3 is 0 Å². The molecule has 3 nitrogen and oxygen atoms in total. The first kappa shape index (κ1) is 10.9. The number of aryl methyl sites for hydroxylation is 1. The van der Waals surface area contributed by atoms with E-state index < -0.39 is 0 Å². The van der Waals surface area contributed by atoms with Gasteiger partial charge in [-0.2, -0.15) is 5.10 Å². The number of aromatic nitrogens is 2. The zero-order valence-electron chi connectivity index (χ0n) is 9.77. The van der Waals surface area contributed by atoms with E-state index in [4.69, 9.17) is 0 Å². The SMILES string of the molecule is CNCc1ccn(Cc2ccc(C)cc2)n1. The number of nitrogens with zero attached hydrogens (tertiary/aromatic N) is 2. The zero-order valence-corrected chi connectivity index (χ0v) is 9.77. The van der Waals surface area contributed by atoms with E-state index in [9.17, 15) is 0 Å². The van der Waals surface area contributed by atoms with Crippen LogP contribution in [0.4, 0.5) is 0 Å². The minimum atomic E-state index is 0.820. The van der Waals surface area contributed by atoms with E-state index in [1.165, 1.54) is 11.1 Å². The molecular weight excluding hydrogens is 198 g/mol. The molecule has 0 amide bonds. The van der Waals surface area contributed by atoms with Crippen molar-refractivity contribution in [3.05, 3.63) is 53.3 Å². The molecule has 0 aliphatic rings. The van der Waals surface area contributed by atoms with Crippen molar-refractivity contribution in [2.75, 3.05) is 7.05 Å². The number of hydrogen-bond donors (Lipinski definition) is 1. The molecule has 2 rings (SSSR count). The first-order chi connectivity index (χ1) is 7.78. The quantitative estimate of drug-likeness (QED) is 0.845. The molecule has 1 N–H and O–H groups in total. The van der Waals surface area contributed by atoms with Gasteiger partial charge in [0.25, 0.3) is 0 Å². The summed E-state index contributed by atoms with van der Waals surface area (Å²) in [7, 11) is 1.93. The van der Waals surface area contributed by atoms with Gasteiger partial charge in [-0.15, -0.1) is 0 Å². The maximum Gasteiger partial charge on any atom is 0.0762 e. The molecule has 0 atom stereocenters. The van der Waals surface area contributed by atoms with Crippen molar-refractivity contribution in [1.29, 1.82) is 0 Å². The largest absolute Gasteiger partial charge is 0.314 e. The molecule has 2 aromatic rings. The van der Waals surface area contributed by atoms with Crippen molar-refractivity contribution in [2.45, 2.75) is 20.0 Å². The lowest BCUT2D eigenvalue weighted by Crippen LogP contribution is -2.07. The predicted molar refractivity (Wildman–Crippen MR) is 65.3 cm³/mol. The summed E-state index contributed by atoms with van der Waals surface area (Å²) in [5.74, 6) is 0. The van der Waals surface area contributed by atoms with Crippen LogP contribution in [0.15, 0.2) is 36.5 Å². The molecule has 84 valence electrons. The first-order valence-electron chi connectivity index (χ1n) is 5.50. The number of hydrogen-bond acceptors (Lipinski definition) is 2. The third-order valence-corrected chi connectivity index (χ3v) is 2.52. The van der Waals surface area contributed by atoms with Crippen LogP contribution in [0, 0.1) is 6.92 Å². The van der Waals surface area contributed by atoms with Gasteiger partial charge in [0.15, 0.2) is 0 Å². The molecule has 0 spiro atoms. The van der Waals surface area contributed by atoms with E-state index in [0.717, 1.165) is 18.8 Å². The van der Waals surface area contributed by atoms with E-state index in [1.807, 2.05) is 24.0 Å². The molecule has 0 aliphatic carbocycles. The van der Waals surface area contributed by atoms with Crippen molar-refractivity contribution in [3.8, 4) is 0 Å². The minimum absolute atomic E-state index is 0.820. The smallest absolute Gasteiger partial charge is 0.0762 e. The van der Waals surface area contributed by atoms with Gasteiger partial charge in [0.2, 0.25) is 0 Å². The first-order valence-corrected chi connectivity index (χ1v) is 5.50. The van der Waals surface area contributed by atoms with Gasteiger partial charge in [-0.05, 0) is 25.6 Å². The Balaban J connectivity index is 2.05. The Labute approximate surface area is 96.1 Å². The van der Waals surface area contributed by atoms with Gasteiger partial charge in [0, 0.05) is 12.7 Å². The fourth-order valence-electron chi connectivity index (χ4n) is 1.65.